The summed E-state index contributed by atoms with van der Waals surface area (Å²) in [6.07, 6.45) is 3.15. The third-order valence-corrected chi connectivity index (χ3v) is 2.71. The van der Waals surface area contributed by atoms with Gasteiger partial charge in [0.1, 0.15) is 0 Å². The average molecular weight is 262 g/mol. The van der Waals surface area contributed by atoms with E-state index in [2.05, 4.69) is 11.1 Å². The van der Waals surface area contributed by atoms with Gasteiger partial charge < -0.3 is 30.4 Å². The van der Waals surface area contributed by atoms with E-state index < -0.39 is 0 Å². The molecule has 0 bridgehead atoms. The van der Waals surface area contributed by atoms with E-state index in [1.54, 1.807) is 0 Å². The number of aliphatic hydroxyl groups is 1. The lowest BCUT2D eigenvalue weighted by atomic mass is 10.2. The van der Waals surface area contributed by atoms with Gasteiger partial charge in [0.25, 0.3) is 0 Å². The SMILES string of the molecule is C1OC1CC1CO1.CN.CNCC(O)CC1CO1. The van der Waals surface area contributed by atoms with Crippen molar-refractivity contribution in [3.63, 3.8) is 0 Å². The van der Waals surface area contributed by atoms with Crippen molar-refractivity contribution in [2.75, 3.05) is 40.5 Å². The maximum Gasteiger partial charge on any atom is 0.0835 e. The summed E-state index contributed by atoms with van der Waals surface area (Å²) in [4.78, 5) is 0. The molecular formula is C12H26N2O4. The van der Waals surface area contributed by atoms with E-state index in [1.165, 1.54) is 7.05 Å². The minimum Gasteiger partial charge on any atom is -0.392 e. The number of epoxide rings is 3. The van der Waals surface area contributed by atoms with E-state index in [9.17, 15) is 0 Å². The molecule has 0 aromatic carbocycles. The molecule has 3 fully saturated rings. The molecule has 3 saturated heterocycles. The smallest absolute Gasteiger partial charge is 0.0835 e. The van der Waals surface area contributed by atoms with Crippen LogP contribution in [0.2, 0.25) is 0 Å². The summed E-state index contributed by atoms with van der Waals surface area (Å²) in [5.41, 5.74) is 4.50. The van der Waals surface area contributed by atoms with Crippen LogP contribution in [-0.2, 0) is 14.2 Å². The molecule has 18 heavy (non-hydrogen) atoms. The first-order chi connectivity index (χ1) is 8.78. The monoisotopic (exact) mass is 262 g/mol. The van der Waals surface area contributed by atoms with Gasteiger partial charge in [-0.25, -0.2) is 0 Å². The molecule has 108 valence electrons. The Labute approximate surface area is 109 Å². The fourth-order valence-corrected chi connectivity index (χ4v) is 1.53. The maximum absolute atomic E-state index is 9.12. The Morgan fingerprint density at radius 1 is 1.11 bits per heavy atom. The van der Waals surface area contributed by atoms with Crippen LogP contribution < -0.4 is 11.1 Å². The van der Waals surface area contributed by atoms with Crippen molar-refractivity contribution >= 4 is 0 Å². The Balaban J connectivity index is 0.000000161. The number of hydrogen-bond acceptors (Lipinski definition) is 6. The van der Waals surface area contributed by atoms with Gasteiger partial charge in [0.15, 0.2) is 0 Å². The fraction of sp³-hybridized carbons (Fsp3) is 1.00. The van der Waals surface area contributed by atoms with Crippen LogP contribution in [-0.4, -0.2) is 70.0 Å². The molecule has 3 aliphatic rings. The van der Waals surface area contributed by atoms with Gasteiger partial charge in [-0.05, 0) is 14.1 Å². The highest BCUT2D eigenvalue weighted by molar-refractivity contribution is 4.79. The topological polar surface area (TPSA) is 95.9 Å². The summed E-state index contributed by atoms with van der Waals surface area (Å²) < 4.78 is 14.9. The highest BCUT2D eigenvalue weighted by atomic mass is 16.6. The molecule has 0 radical (unpaired) electrons. The Bertz CT molecular complexity index is 196. The Hall–Kier alpha value is -0.240. The third-order valence-electron chi connectivity index (χ3n) is 2.71. The van der Waals surface area contributed by atoms with Crippen molar-refractivity contribution in [2.24, 2.45) is 5.73 Å². The van der Waals surface area contributed by atoms with Crippen LogP contribution in [0.15, 0.2) is 0 Å². The van der Waals surface area contributed by atoms with E-state index in [0.717, 1.165) is 32.7 Å². The Morgan fingerprint density at radius 2 is 1.56 bits per heavy atom. The second kappa shape index (κ2) is 8.79. The van der Waals surface area contributed by atoms with Gasteiger partial charge >= 0.3 is 0 Å². The largest absolute Gasteiger partial charge is 0.392 e. The molecule has 4 atom stereocenters. The van der Waals surface area contributed by atoms with Crippen LogP contribution in [0.25, 0.3) is 0 Å². The summed E-state index contributed by atoms with van der Waals surface area (Å²) in [7, 11) is 3.33. The zero-order chi connectivity index (χ0) is 13.4. The summed E-state index contributed by atoms with van der Waals surface area (Å²) in [5, 5.41) is 12.0. The molecule has 4 N–H and O–H groups in total. The molecule has 4 unspecified atom stereocenters. The molecule has 0 saturated carbocycles. The van der Waals surface area contributed by atoms with E-state index in [0.29, 0.717) is 24.9 Å². The number of ether oxygens (including phenoxy) is 3. The zero-order valence-electron chi connectivity index (χ0n) is 11.3. The van der Waals surface area contributed by atoms with Crippen LogP contribution in [0.1, 0.15) is 12.8 Å². The van der Waals surface area contributed by atoms with Gasteiger partial charge in [0.05, 0.1) is 44.2 Å². The Kier molecular flexibility index (Phi) is 7.73. The third kappa shape index (κ3) is 8.79. The van der Waals surface area contributed by atoms with Crippen LogP contribution >= 0.6 is 0 Å². The molecule has 6 nitrogen and oxygen atoms in total. The standard InChI is InChI=1S/C6H13NO2.C5H8O2.CH5N/c1-7-3-5(8)2-6-4-9-6;1(4-2-6-4)5-3-7-5;1-2/h5-8H,2-4H2,1H3;4-5H,1-3H2;2H2,1H3. The van der Waals surface area contributed by atoms with Crippen molar-refractivity contribution in [1.29, 1.82) is 0 Å². The van der Waals surface area contributed by atoms with Crippen molar-refractivity contribution in [3.05, 3.63) is 0 Å². The second-order valence-electron chi connectivity index (χ2n) is 4.55. The van der Waals surface area contributed by atoms with Crippen LogP contribution in [0.4, 0.5) is 0 Å². The van der Waals surface area contributed by atoms with E-state index in [4.69, 9.17) is 19.3 Å². The van der Waals surface area contributed by atoms with Crippen molar-refractivity contribution < 1.29 is 19.3 Å². The van der Waals surface area contributed by atoms with E-state index >= 15 is 0 Å². The molecule has 0 spiro atoms. The molecule has 0 aromatic heterocycles. The lowest BCUT2D eigenvalue weighted by Crippen LogP contribution is -2.24. The predicted octanol–water partition coefficient (Wildman–Crippen LogP) is -0.895. The lowest BCUT2D eigenvalue weighted by molar-refractivity contribution is 0.152. The molecule has 0 aliphatic carbocycles. The predicted molar refractivity (Wildman–Crippen MR) is 68.5 cm³/mol. The summed E-state index contributed by atoms with van der Waals surface area (Å²) in [6, 6.07) is 0. The quantitative estimate of drug-likeness (QED) is 0.537. The fourth-order valence-electron chi connectivity index (χ4n) is 1.53. The van der Waals surface area contributed by atoms with Gasteiger partial charge in [-0.1, -0.05) is 0 Å². The molecule has 6 heteroatoms. The molecule has 0 aromatic rings. The molecule has 3 heterocycles. The lowest BCUT2D eigenvalue weighted by Gasteiger charge is -2.05. The number of rotatable bonds is 6. The normalized spacial score (nSPS) is 32.3. The molecule has 0 amide bonds. The van der Waals surface area contributed by atoms with Gasteiger partial charge in [-0.2, -0.15) is 0 Å². The first-order valence-electron chi connectivity index (χ1n) is 6.53. The first kappa shape index (κ1) is 15.8. The van der Waals surface area contributed by atoms with Crippen LogP contribution in [0.5, 0.6) is 0 Å². The van der Waals surface area contributed by atoms with E-state index in [-0.39, 0.29) is 6.10 Å². The summed E-state index contributed by atoms with van der Waals surface area (Å²) >= 11 is 0. The first-order valence-corrected chi connectivity index (χ1v) is 6.53. The Morgan fingerprint density at radius 3 is 1.89 bits per heavy atom. The molecule has 3 rings (SSSR count). The number of nitrogens with two attached hydrogens (primary N) is 1. The minimum atomic E-state index is -0.234. The van der Waals surface area contributed by atoms with Crippen molar-refractivity contribution in [2.45, 2.75) is 37.3 Å². The maximum atomic E-state index is 9.12. The highest BCUT2D eigenvalue weighted by Gasteiger charge is 2.32. The summed E-state index contributed by atoms with van der Waals surface area (Å²) in [6.45, 7) is 3.44. The number of likely N-dealkylation sites (N-methyl/N-ethyl adjacent to an activating group) is 1. The summed E-state index contributed by atoms with van der Waals surface area (Å²) in [5.74, 6) is 0. The van der Waals surface area contributed by atoms with E-state index in [1.807, 2.05) is 7.05 Å². The number of aliphatic hydroxyl groups excluding tert-OH is 1. The number of hydrogen-bond donors (Lipinski definition) is 3. The van der Waals surface area contributed by atoms with Gasteiger partial charge in [-0.3, -0.25) is 0 Å². The van der Waals surface area contributed by atoms with Crippen LogP contribution in [0, 0.1) is 0 Å². The zero-order valence-corrected chi connectivity index (χ0v) is 11.3. The minimum absolute atomic E-state index is 0.234. The average Bonchev–Trinajstić information content (AvgIpc) is 3.20. The van der Waals surface area contributed by atoms with Gasteiger partial charge in [-0.15, -0.1) is 0 Å². The van der Waals surface area contributed by atoms with Gasteiger partial charge in [0.2, 0.25) is 0 Å². The highest BCUT2D eigenvalue weighted by Crippen LogP contribution is 2.23. The van der Waals surface area contributed by atoms with Crippen LogP contribution in [0.3, 0.4) is 0 Å². The number of nitrogens with one attached hydrogen (secondary N) is 1. The molecular weight excluding hydrogens is 236 g/mol. The second-order valence-corrected chi connectivity index (χ2v) is 4.55. The molecule has 3 aliphatic heterocycles. The van der Waals surface area contributed by atoms with Crippen molar-refractivity contribution in [1.82, 2.24) is 5.32 Å². The van der Waals surface area contributed by atoms with Crippen molar-refractivity contribution in [3.8, 4) is 0 Å². The van der Waals surface area contributed by atoms with Gasteiger partial charge in [0, 0.05) is 19.4 Å².